The highest BCUT2D eigenvalue weighted by molar-refractivity contribution is 6.31. The van der Waals surface area contributed by atoms with E-state index < -0.39 is 0 Å². The van der Waals surface area contributed by atoms with Gasteiger partial charge >= 0.3 is 0 Å². The molecule has 0 aliphatic rings. The van der Waals surface area contributed by atoms with Crippen molar-refractivity contribution >= 4 is 11.6 Å². The van der Waals surface area contributed by atoms with Crippen LogP contribution in [0.5, 0.6) is 5.75 Å². The molecule has 2 aromatic carbocycles. The summed E-state index contributed by atoms with van der Waals surface area (Å²) in [6.07, 6.45) is 0. The highest BCUT2D eigenvalue weighted by Crippen LogP contribution is 2.22. The minimum absolute atomic E-state index is 0.570. The summed E-state index contributed by atoms with van der Waals surface area (Å²) in [6.45, 7) is 2.55. The Morgan fingerprint density at radius 1 is 1.06 bits per heavy atom. The maximum atomic E-state index is 6.02. The highest BCUT2D eigenvalue weighted by Gasteiger charge is 1.99. The third-order valence-corrected chi connectivity index (χ3v) is 2.80. The summed E-state index contributed by atoms with van der Waals surface area (Å²) in [5.74, 6) is 0.805. The second-order valence-electron chi connectivity index (χ2n) is 3.69. The molecule has 0 aliphatic carbocycles. The predicted octanol–water partition coefficient (Wildman–Crippen LogP) is 4.23. The van der Waals surface area contributed by atoms with Crippen LogP contribution in [0.25, 0.3) is 0 Å². The van der Waals surface area contributed by atoms with Gasteiger partial charge in [0.25, 0.3) is 0 Å². The molecule has 2 rings (SSSR count). The van der Waals surface area contributed by atoms with E-state index in [-0.39, 0.29) is 0 Å². The molecule has 0 N–H and O–H groups in total. The molecular formula is C14H13ClO. The molecular weight excluding hydrogens is 220 g/mol. The van der Waals surface area contributed by atoms with Crippen LogP contribution in [-0.4, -0.2) is 0 Å². The van der Waals surface area contributed by atoms with Crippen LogP contribution in [0.2, 0.25) is 5.02 Å². The Labute approximate surface area is 101 Å². The van der Waals surface area contributed by atoms with Crippen molar-refractivity contribution in [2.45, 2.75) is 13.5 Å². The third-order valence-electron chi connectivity index (χ3n) is 2.39. The molecule has 0 saturated carbocycles. The summed E-state index contributed by atoms with van der Waals surface area (Å²) in [4.78, 5) is 0. The molecule has 2 heteroatoms. The van der Waals surface area contributed by atoms with Gasteiger partial charge in [0.05, 0.1) is 0 Å². The summed E-state index contributed by atoms with van der Waals surface area (Å²) in [6, 6.07) is 15.8. The lowest BCUT2D eigenvalue weighted by Gasteiger charge is -2.07. The van der Waals surface area contributed by atoms with Crippen LogP contribution in [0.15, 0.2) is 48.5 Å². The fourth-order valence-corrected chi connectivity index (χ4v) is 1.57. The topological polar surface area (TPSA) is 9.23 Å². The van der Waals surface area contributed by atoms with Crippen molar-refractivity contribution in [3.05, 3.63) is 64.7 Å². The van der Waals surface area contributed by atoms with Crippen molar-refractivity contribution in [2.24, 2.45) is 0 Å². The van der Waals surface area contributed by atoms with Crippen LogP contribution in [-0.2, 0) is 6.61 Å². The number of ether oxygens (including phenoxy) is 1. The fraction of sp³-hybridized carbons (Fsp3) is 0.143. The van der Waals surface area contributed by atoms with Crippen LogP contribution in [0.1, 0.15) is 11.1 Å². The Balaban J connectivity index is 2.03. The first kappa shape index (κ1) is 11.0. The number of halogens is 1. The molecule has 0 aromatic heterocycles. The molecule has 0 saturated heterocycles. The number of hydrogen-bond acceptors (Lipinski definition) is 1. The van der Waals surface area contributed by atoms with Gasteiger partial charge in [-0.1, -0.05) is 48.0 Å². The molecule has 16 heavy (non-hydrogen) atoms. The van der Waals surface area contributed by atoms with E-state index in [4.69, 9.17) is 16.3 Å². The Kier molecular flexibility index (Phi) is 3.47. The first-order valence-corrected chi connectivity index (χ1v) is 5.56. The van der Waals surface area contributed by atoms with Crippen molar-refractivity contribution in [2.75, 3.05) is 0 Å². The standard InChI is InChI=1S/C14H13ClO/c1-11-7-8-13(9-14(11)15)16-10-12-5-3-2-4-6-12/h2-9H,10H2,1H3. The van der Waals surface area contributed by atoms with Gasteiger partial charge in [0, 0.05) is 5.02 Å². The van der Waals surface area contributed by atoms with E-state index in [0.717, 1.165) is 21.9 Å². The largest absolute Gasteiger partial charge is 0.489 e. The van der Waals surface area contributed by atoms with E-state index in [2.05, 4.69) is 0 Å². The summed E-state index contributed by atoms with van der Waals surface area (Å²) < 4.78 is 5.64. The lowest BCUT2D eigenvalue weighted by atomic mass is 10.2. The Bertz CT molecular complexity index is 465. The van der Waals surface area contributed by atoms with Gasteiger partial charge in [0.2, 0.25) is 0 Å². The minimum Gasteiger partial charge on any atom is -0.489 e. The van der Waals surface area contributed by atoms with Crippen LogP contribution in [0.3, 0.4) is 0 Å². The SMILES string of the molecule is Cc1ccc(OCc2ccccc2)cc1Cl. The first-order valence-electron chi connectivity index (χ1n) is 5.18. The number of rotatable bonds is 3. The normalized spacial score (nSPS) is 10.1. The Morgan fingerprint density at radius 2 is 1.81 bits per heavy atom. The van der Waals surface area contributed by atoms with Crippen LogP contribution < -0.4 is 4.74 Å². The van der Waals surface area contributed by atoms with Crippen LogP contribution >= 0.6 is 11.6 Å². The lowest BCUT2D eigenvalue weighted by molar-refractivity contribution is 0.306. The zero-order chi connectivity index (χ0) is 11.4. The number of hydrogen-bond donors (Lipinski definition) is 0. The molecule has 0 spiro atoms. The average molecular weight is 233 g/mol. The summed E-state index contributed by atoms with van der Waals surface area (Å²) in [5.41, 5.74) is 2.22. The zero-order valence-electron chi connectivity index (χ0n) is 9.11. The van der Waals surface area contributed by atoms with Crippen molar-refractivity contribution in [1.29, 1.82) is 0 Å². The van der Waals surface area contributed by atoms with E-state index in [1.807, 2.05) is 55.5 Å². The molecule has 1 nitrogen and oxygen atoms in total. The summed E-state index contributed by atoms with van der Waals surface area (Å²) in [7, 11) is 0. The van der Waals surface area contributed by atoms with Crippen molar-refractivity contribution in [1.82, 2.24) is 0 Å². The van der Waals surface area contributed by atoms with Gasteiger partial charge in [-0.25, -0.2) is 0 Å². The molecule has 2 aromatic rings. The fourth-order valence-electron chi connectivity index (χ4n) is 1.40. The van der Waals surface area contributed by atoms with E-state index >= 15 is 0 Å². The molecule has 0 unspecified atom stereocenters. The summed E-state index contributed by atoms with van der Waals surface area (Å²) in [5, 5.41) is 0.741. The molecule has 0 heterocycles. The number of benzene rings is 2. The molecule has 0 aliphatic heterocycles. The molecule has 82 valence electrons. The van der Waals surface area contributed by atoms with Crippen molar-refractivity contribution in [3.63, 3.8) is 0 Å². The van der Waals surface area contributed by atoms with Gasteiger partial charge in [0.1, 0.15) is 12.4 Å². The smallest absolute Gasteiger partial charge is 0.121 e. The minimum atomic E-state index is 0.570. The maximum absolute atomic E-state index is 6.02. The molecule has 0 atom stereocenters. The molecule has 0 bridgehead atoms. The van der Waals surface area contributed by atoms with Gasteiger partial charge < -0.3 is 4.74 Å². The van der Waals surface area contributed by atoms with Crippen molar-refractivity contribution in [3.8, 4) is 5.75 Å². The average Bonchev–Trinajstić information content (AvgIpc) is 2.32. The second-order valence-corrected chi connectivity index (χ2v) is 4.09. The van der Waals surface area contributed by atoms with Gasteiger partial charge in [-0.15, -0.1) is 0 Å². The van der Waals surface area contributed by atoms with Gasteiger partial charge in [-0.2, -0.15) is 0 Å². The quantitative estimate of drug-likeness (QED) is 0.770. The highest BCUT2D eigenvalue weighted by atomic mass is 35.5. The van der Waals surface area contributed by atoms with E-state index in [1.165, 1.54) is 0 Å². The Morgan fingerprint density at radius 3 is 2.50 bits per heavy atom. The van der Waals surface area contributed by atoms with E-state index in [1.54, 1.807) is 0 Å². The van der Waals surface area contributed by atoms with Gasteiger partial charge in [-0.05, 0) is 30.2 Å². The lowest BCUT2D eigenvalue weighted by Crippen LogP contribution is -1.94. The van der Waals surface area contributed by atoms with Gasteiger partial charge in [-0.3, -0.25) is 0 Å². The third kappa shape index (κ3) is 2.77. The zero-order valence-corrected chi connectivity index (χ0v) is 9.87. The van der Waals surface area contributed by atoms with Crippen LogP contribution in [0, 0.1) is 6.92 Å². The summed E-state index contributed by atoms with van der Waals surface area (Å²) >= 11 is 6.02. The number of aryl methyl sites for hydroxylation is 1. The first-order chi connectivity index (χ1) is 7.75. The maximum Gasteiger partial charge on any atom is 0.121 e. The Hall–Kier alpha value is -1.47. The predicted molar refractivity (Wildman–Crippen MR) is 67.0 cm³/mol. The van der Waals surface area contributed by atoms with E-state index in [9.17, 15) is 0 Å². The molecule has 0 fully saturated rings. The molecule has 0 radical (unpaired) electrons. The molecule has 0 amide bonds. The van der Waals surface area contributed by atoms with Crippen molar-refractivity contribution < 1.29 is 4.74 Å². The van der Waals surface area contributed by atoms with Crippen LogP contribution in [0.4, 0.5) is 0 Å². The van der Waals surface area contributed by atoms with Gasteiger partial charge in [0.15, 0.2) is 0 Å². The monoisotopic (exact) mass is 232 g/mol. The second kappa shape index (κ2) is 5.04. The van der Waals surface area contributed by atoms with E-state index in [0.29, 0.717) is 6.61 Å².